The van der Waals surface area contributed by atoms with Gasteiger partial charge in [-0.05, 0) is 25.7 Å². The number of halogens is 3. The van der Waals surface area contributed by atoms with Crippen molar-refractivity contribution in [3.8, 4) is 0 Å². The predicted molar refractivity (Wildman–Crippen MR) is 72.7 cm³/mol. The van der Waals surface area contributed by atoms with E-state index in [9.17, 15) is 13.6 Å². The minimum absolute atomic E-state index is 0.134. The quantitative estimate of drug-likeness (QED) is 0.517. The first-order valence-corrected chi connectivity index (χ1v) is 7.36. The fourth-order valence-electron chi connectivity index (χ4n) is 2.55. The molecule has 0 unspecified atom stereocenters. The highest BCUT2D eigenvalue weighted by Gasteiger charge is 2.42. The van der Waals surface area contributed by atoms with Gasteiger partial charge < -0.3 is 5.32 Å². The summed E-state index contributed by atoms with van der Waals surface area (Å²) in [4.78, 5) is 11.8. The normalized spacial score (nSPS) is 35.4. The predicted octanol–water partition coefficient (Wildman–Crippen LogP) is 1.35. The van der Waals surface area contributed by atoms with E-state index in [1.165, 1.54) is 0 Å². The Labute approximate surface area is 119 Å². The Bertz CT molecular complexity index is 309. The van der Waals surface area contributed by atoms with Crippen LogP contribution < -0.4 is 14.2 Å². The van der Waals surface area contributed by atoms with Gasteiger partial charge in [-0.1, -0.05) is 0 Å². The number of amides is 1. The summed E-state index contributed by atoms with van der Waals surface area (Å²) in [6.07, 6.45) is 3.47. The molecule has 0 aromatic rings. The molecule has 7 heteroatoms. The van der Waals surface area contributed by atoms with Crippen molar-refractivity contribution in [3.63, 3.8) is 0 Å². The molecule has 4 nitrogen and oxygen atoms in total. The lowest BCUT2D eigenvalue weighted by Crippen LogP contribution is -2.47. The Hall–Kier alpha value is -0.0200. The third-order valence-corrected chi connectivity index (χ3v) is 4.54. The number of nitrogens with one attached hydrogen (secondary N) is 3. The molecule has 18 heavy (non-hydrogen) atoms. The van der Waals surface area contributed by atoms with Gasteiger partial charge in [0.05, 0.1) is 12.6 Å². The lowest BCUT2D eigenvalue weighted by atomic mass is 9.91. The van der Waals surface area contributed by atoms with Gasteiger partial charge in [0.1, 0.15) is 0 Å². The smallest absolute Gasteiger partial charge is 0.262 e. The van der Waals surface area contributed by atoms with Crippen LogP contribution in [-0.2, 0) is 4.79 Å². The average Bonchev–Trinajstić information content (AvgIpc) is 2.71. The van der Waals surface area contributed by atoms with Crippen LogP contribution in [0.1, 0.15) is 32.1 Å². The molecule has 1 heterocycles. The van der Waals surface area contributed by atoms with Crippen molar-refractivity contribution in [2.75, 3.05) is 6.54 Å². The maximum Gasteiger partial charge on any atom is 0.262 e. The SMILES string of the molecule is O=C(N[C@H]1CC[C@H](NI)CC1)[C@@H]1CC(F)(F)CN1. The second kappa shape index (κ2) is 5.96. The summed E-state index contributed by atoms with van der Waals surface area (Å²) < 4.78 is 29.1. The van der Waals surface area contributed by atoms with Crippen molar-refractivity contribution in [3.05, 3.63) is 0 Å². The summed E-state index contributed by atoms with van der Waals surface area (Å²) in [5.41, 5.74) is 0. The van der Waals surface area contributed by atoms with Crippen LogP contribution in [0.2, 0.25) is 0 Å². The first kappa shape index (κ1) is 14.4. The Morgan fingerprint density at radius 1 is 1.22 bits per heavy atom. The molecule has 2 fully saturated rings. The van der Waals surface area contributed by atoms with Crippen LogP contribution in [0.15, 0.2) is 0 Å². The molecule has 0 bridgehead atoms. The maximum atomic E-state index is 13.0. The Morgan fingerprint density at radius 2 is 1.83 bits per heavy atom. The molecule has 1 saturated heterocycles. The van der Waals surface area contributed by atoms with E-state index in [0.29, 0.717) is 6.04 Å². The topological polar surface area (TPSA) is 53.2 Å². The number of alkyl halides is 2. The molecule has 1 atom stereocenters. The molecule has 0 aromatic carbocycles. The van der Waals surface area contributed by atoms with Gasteiger partial charge in [-0.25, -0.2) is 8.78 Å². The monoisotopic (exact) mass is 373 g/mol. The van der Waals surface area contributed by atoms with Crippen molar-refractivity contribution in [2.24, 2.45) is 0 Å². The van der Waals surface area contributed by atoms with E-state index < -0.39 is 18.5 Å². The fourth-order valence-corrected chi connectivity index (χ4v) is 3.17. The first-order valence-electron chi connectivity index (χ1n) is 6.28. The molecule has 1 amide bonds. The van der Waals surface area contributed by atoms with Crippen molar-refractivity contribution in [1.82, 2.24) is 14.2 Å². The van der Waals surface area contributed by atoms with Crippen LogP contribution in [0.3, 0.4) is 0 Å². The minimum atomic E-state index is -2.75. The van der Waals surface area contributed by atoms with E-state index in [1.54, 1.807) is 0 Å². The maximum absolute atomic E-state index is 13.0. The van der Waals surface area contributed by atoms with Crippen LogP contribution in [0.4, 0.5) is 8.78 Å². The first-order chi connectivity index (χ1) is 8.50. The summed E-state index contributed by atoms with van der Waals surface area (Å²) in [5.74, 6) is -3.02. The highest BCUT2D eigenvalue weighted by atomic mass is 127. The van der Waals surface area contributed by atoms with E-state index in [0.717, 1.165) is 25.7 Å². The number of carbonyl (C=O) groups is 1. The third-order valence-electron chi connectivity index (χ3n) is 3.65. The van der Waals surface area contributed by atoms with Crippen molar-refractivity contribution < 1.29 is 13.6 Å². The van der Waals surface area contributed by atoms with Crippen molar-refractivity contribution in [1.29, 1.82) is 0 Å². The van der Waals surface area contributed by atoms with Gasteiger partial charge in [0.15, 0.2) is 0 Å². The highest BCUT2D eigenvalue weighted by molar-refractivity contribution is 14.1. The Morgan fingerprint density at radius 3 is 2.33 bits per heavy atom. The van der Waals surface area contributed by atoms with E-state index in [4.69, 9.17) is 0 Å². The van der Waals surface area contributed by atoms with Gasteiger partial charge in [0, 0.05) is 41.4 Å². The van der Waals surface area contributed by atoms with Crippen LogP contribution >= 0.6 is 22.9 Å². The summed E-state index contributed by atoms with van der Waals surface area (Å²) in [7, 11) is 0. The molecular weight excluding hydrogens is 355 g/mol. The van der Waals surface area contributed by atoms with E-state index in [-0.39, 0.29) is 18.4 Å². The molecule has 2 rings (SSSR count). The lowest BCUT2D eigenvalue weighted by Gasteiger charge is -2.29. The Kier molecular flexibility index (Phi) is 4.76. The molecule has 2 aliphatic rings. The molecule has 1 saturated carbocycles. The minimum Gasteiger partial charge on any atom is -0.352 e. The zero-order chi connectivity index (χ0) is 13.2. The Balaban J connectivity index is 1.75. The number of rotatable bonds is 3. The molecule has 104 valence electrons. The zero-order valence-corrected chi connectivity index (χ0v) is 12.2. The van der Waals surface area contributed by atoms with Gasteiger partial charge in [0.25, 0.3) is 5.92 Å². The number of hydrogen-bond donors (Lipinski definition) is 3. The van der Waals surface area contributed by atoms with E-state index in [1.807, 2.05) is 0 Å². The van der Waals surface area contributed by atoms with Gasteiger partial charge in [-0.3, -0.25) is 13.6 Å². The molecule has 0 radical (unpaired) electrons. The summed E-state index contributed by atoms with van der Waals surface area (Å²) in [6.45, 7) is -0.392. The molecule has 0 aromatic heterocycles. The highest BCUT2D eigenvalue weighted by Crippen LogP contribution is 2.26. The standard InChI is InChI=1S/C11H18F2IN3O/c12-11(13)5-9(15-6-11)10(18)16-7-1-3-8(17-14)4-2-7/h7-9,15,17H,1-6H2,(H,16,18)/t7-,8-,9-/m0/s1. The molecule has 0 spiro atoms. The molecule has 3 N–H and O–H groups in total. The zero-order valence-electron chi connectivity index (χ0n) is 10.0. The van der Waals surface area contributed by atoms with Crippen LogP contribution in [-0.4, -0.2) is 36.5 Å². The number of carbonyl (C=O) groups excluding carboxylic acids is 1. The fraction of sp³-hybridized carbons (Fsp3) is 0.909. The van der Waals surface area contributed by atoms with Crippen LogP contribution in [0.25, 0.3) is 0 Å². The third kappa shape index (κ3) is 3.74. The van der Waals surface area contributed by atoms with Crippen LogP contribution in [0.5, 0.6) is 0 Å². The summed E-state index contributed by atoms with van der Waals surface area (Å²) >= 11 is 2.14. The summed E-state index contributed by atoms with van der Waals surface area (Å²) in [5, 5.41) is 5.46. The molecule has 1 aliphatic heterocycles. The van der Waals surface area contributed by atoms with Gasteiger partial charge in [0.2, 0.25) is 5.91 Å². The lowest BCUT2D eigenvalue weighted by molar-refractivity contribution is -0.124. The number of hydrogen-bond acceptors (Lipinski definition) is 3. The van der Waals surface area contributed by atoms with E-state index >= 15 is 0 Å². The van der Waals surface area contributed by atoms with Gasteiger partial charge in [-0.15, -0.1) is 0 Å². The van der Waals surface area contributed by atoms with Crippen molar-refractivity contribution >= 4 is 28.8 Å². The second-order valence-electron chi connectivity index (χ2n) is 5.16. The largest absolute Gasteiger partial charge is 0.352 e. The van der Waals surface area contributed by atoms with Crippen molar-refractivity contribution in [2.45, 2.75) is 56.2 Å². The molecule has 1 aliphatic carbocycles. The summed E-state index contributed by atoms with van der Waals surface area (Å²) in [6, 6.07) is -0.0948. The van der Waals surface area contributed by atoms with Gasteiger partial charge >= 0.3 is 0 Å². The molecular formula is C11H18F2IN3O. The van der Waals surface area contributed by atoms with Gasteiger partial charge in [-0.2, -0.15) is 0 Å². The second-order valence-corrected chi connectivity index (χ2v) is 5.78. The van der Waals surface area contributed by atoms with Crippen LogP contribution in [0, 0.1) is 0 Å². The van der Waals surface area contributed by atoms with E-state index in [2.05, 4.69) is 37.0 Å². The average molecular weight is 373 g/mol.